The molecule has 106 valence electrons. The lowest BCUT2D eigenvalue weighted by molar-refractivity contribution is 0.197. The van der Waals surface area contributed by atoms with Gasteiger partial charge in [0.2, 0.25) is 0 Å². The highest BCUT2D eigenvalue weighted by Crippen LogP contribution is 2.35. The Bertz CT molecular complexity index is 578. The Labute approximate surface area is 128 Å². The van der Waals surface area contributed by atoms with E-state index in [1.54, 1.807) is 11.3 Å². The van der Waals surface area contributed by atoms with Gasteiger partial charge in [0.1, 0.15) is 0 Å². The molecule has 1 saturated heterocycles. The highest BCUT2D eigenvalue weighted by atomic mass is 35.5. The number of hydrogen-bond donors (Lipinski definition) is 1. The van der Waals surface area contributed by atoms with Gasteiger partial charge in [-0.3, -0.25) is 9.88 Å². The molecular formula is C15H18ClN3S. The first-order chi connectivity index (χ1) is 9.75. The molecule has 5 heteroatoms. The van der Waals surface area contributed by atoms with Crippen molar-refractivity contribution in [1.29, 1.82) is 0 Å². The fraction of sp³-hybridized carbons (Fsp3) is 0.400. The van der Waals surface area contributed by atoms with Crippen molar-refractivity contribution in [3.05, 3.63) is 50.9 Å². The first kappa shape index (κ1) is 14.0. The van der Waals surface area contributed by atoms with E-state index < -0.39 is 0 Å². The zero-order valence-electron chi connectivity index (χ0n) is 11.5. The standard InChI is InChI=1S/C15H18ClN3S/c1-11-3-2-6-18-14(11)15(12-4-5-13(16)20-12)19-9-7-17-8-10-19/h2-6,15,17H,7-10H2,1H3. The SMILES string of the molecule is Cc1cccnc1C(c1ccc(Cl)s1)N1CCNCC1. The molecule has 3 rings (SSSR count). The van der Waals surface area contributed by atoms with Gasteiger partial charge in [-0.05, 0) is 30.7 Å². The molecule has 1 fully saturated rings. The summed E-state index contributed by atoms with van der Waals surface area (Å²) < 4.78 is 0.841. The molecule has 1 atom stereocenters. The van der Waals surface area contributed by atoms with Gasteiger partial charge in [0.05, 0.1) is 16.1 Å². The highest BCUT2D eigenvalue weighted by molar-refractivity contribution is 7.16. The molecule has 0 bridgehead atoms. The fourth-order valence-corrected chi connectivity index (χ4v) is 3.89. The molecule has 3 heterocycles. The van der Waals surface area contributed by atoms with E-state index in [9.17, 15) is 0 Å². The van der Waals surface area contributed by atoms with Crippen LogP contribution in [0, 0.1) is 6.92 Å². The Morgan fingerprint density at radius 1 is 1.30 bits per heavy atom. The van der Waals surface area contributed by atoms with Gasteiger partial charge in [0.15, 0.2) is 0 Å². The van der Waals surface area contributed by atoms with Gasteiger partial charge in [-0.15, -0.1) is 11.3 Å². The molecule has 1 N–H and O–H groups in total. The van der Waals surface area contributed by atoms with Crippen LogP contribution in [-0.2, 0) is 0 Å². The summed E-state index contributed by atoms with van der Waals surface area (Å²) in [6.45, 7) is 6.27. The molecule has 2 aromatic rings. The van der Waals surface area contributed by atoms with Gasteiger partial charge >= 0.3 is 0 Å². The fourth-order valence-electron chi connectivity index (χ4n) is 2.69. The predicted octanol–water partition coefficient (Wildman–Crippen LogP) is 3.10. The number of thiophene rings is 1. The van der Waals surface area contributed by atoms with E-state index >= 15 is 0 Å². The Morgan fingerprint density at radius 2 is 2.10 bits per heavy atom. The maximum absolute atomic E-state index is 6.14. The van der Waals surface area contributed by atoms with Gasteiger partial charge in [0, 0.05) is 37.3 Å². The van der Waals surface area contributed by atoms with Crippen LogP contribution in [0.4, 0.5) is 0 Å². The Morgan fingerprint density at radius 3 is 2.75 bits per heavy atom. The summed E-state index contributed by atoms with van der Waals surface area (Å²) in [7, 11) is 0. The van der Waals surface area contributed by atoms with Crippen LogP contribution >= 0.6 is 22.9 Å². The topological polar surface area (TPSA) is 28.2 Å². The van der Waals surface area contributed by atoms with Gasteiger partial charge < -0.3 is 5.32 Å². The minimum atomic E-state index is 0.218. The Hall–Kier alpha value is -0.940. The van der Waals surface area contributed by atoms with Crippen LogP contribution in [0.15, 0.2) is 30.5 Å². The van der Waals surface area contributed by atoms with Crippen LogP contribution in [0.25, 0.3) is 0 Å². The number of rotatable bonds is 3. The number of halogens is 1. The van der Waals surface area contributed by atoms with Gasteiger partial charge in [-0.2, -0.15) is 0 Å². The predicted molar refractivity (Wildman–Crippen MR) is 84.6 cm³/mol. The van der Waals surface area contributed by atoms with E-state index in [0.29, 0.717) is 0 Å². The van der Waals surface area contributed by atoms with Crippen LogP contribution in [0.1, 0.15) is 22.2 Å². The lowest BCUT2D eigenvalue weighted by atomic mass is 10.0. The lowest BCUT2D eigenvalue weighted by Crippen LogP contribution is -2.45. The third-order valence-corrected chi connectivity index (χ3v) is 4.97. The highest BCUT2D eigenvalue weighted by Gasteiger charge is 2.27. The zero-order valence-corrected chi connectivity index (χ0v) is 13.0. The van der Waals surface area contributed by atoms with Crippen molar-refractivity contribution in [2.75, 3.05) is 26.2 Å². The molecule has 2 aromatic heterocycles. The van der Waals surface area contributed by atoms with Crippen LogP contribution in [-0.4, -0.2) is 36.1 Å². The second-order valence-corrected chi connectivity index (χ2v) is 6.78. The van der Waals surface area contributed by atoms with E-state index in [1.165, 1.54) is 10.4 Å². The molecule has 1 unspecified atom stereocenters. The number of pyridine rings is 1. The average molecular weight is 308 g/mol. The Kier molecular flexibility index (Phi) is 4.36. The third-order valence-electron chi connectivity index (χ3n) is 3.69. The number of aryl methyl sites for hydroxylation is 1. The summed E-state index contributed by atoms with van der Waals surface area (Å²) in [5.41, 5.74) is 2.38. The first-order valence-electron chi connectivity index (χ1n) is 6.87. The summed E-state index contributed by atoms with van der Waals surface area (Å²) in [6, 6.07) is 8.46. The maximum Gasteiger partial charge on any atom is 0.0931 e. The van der Waals surface area contributed by atoms with E-state index in [4.69, 9.17) is 11.6 Å². The molecule has 20 heavy (non-hydrogen) atoms. The molecule has 3 nitrogen and oxygen atoms in total. The average Bonchev–Trinajstić information content (AvgIpc) is 2.89. The molecule has 1 aliphatic rings. The summed E-state index contributed by atoms with van der Waals surface area (Å²) in [5, 5.41) is 3.41. The lowest BCUT2D eigenvalue weighted by Gasteiger charge is -2.34. The van der Waals surface area contributed by atoms with E-state index in [2.05, 4.69) is 34.3 Å². The van der Waals surface area contributed by atoms with Crippen molar-refractivity contribution < 1.29 is 0 Å². The van der Waals surface area contributed by atoms with E-state index in [0.717, 1.165) is 36.2 Å². The molecule has 1 aliphatic heterocycles. The van der Waals surface area contributed by atoms with Crippen molar-refractivity contribution in [3.8, 4) is 0 Å². The van der Waals surface area contributed by atoms with E-state index in [-0.39, 0.29) is 6.04 Å². The molecular weight excluding hydrogens is 290 g/mol. The smallest absolute Gasteiger partial charge is 0.0931 e. The Balaban J connectivity index is 2.01. The molecule has 0 aromatic carbocycles. The van der Waals surface area contributed by atoms with Gasteiger partial charge in [-0.25, -0.2) is 0 Å². The normalized spacial score (nSPS) is 18.1. The van der Waals surface area contributed by atoms with E-state index in [1.807, 2.05) is 18.3 Å². The number of aromatic nitrogens is 1. The van der Waals surface area contributed by atoms with Crippen molar-refractivity contribution >= 4 is 22.9 Å². The number of piperazine rings is 1. The number of nitrogens with one attached hydrogen (secondary N) is 1. The monoisotopic (exact) mass is 307 g/mol. The summed E-state index contributed by atoms with van der Waals surface area (Å²) in [5.74, 6) is 0. The van der Waals surface area contributed by atoms with Crippen molar-refractivity contribution in [3.63, 3.8) is 0 Å². The van der Waals surface area contributed by atoms with Crippen LogP contribution < -0.4 is 5.32 Å². The molecule has 0 radical (unpaired) electrons. The number of nitrogens with zero attached hydrogens (tertiary/aromatic N) is 2. The second kappa shape index (κ2) is 6.22. The number of hydrogen-bond acceptors (Lipinski definition) is 4. The quantitative estimate of drug-likeness (QED) is 0.944. The molecule has 0 aliphatic carbocycles. The van der Waals surface area contributed by atoms with Crippen molar-refractivity contribution in [1.82, 2.24) is 15.2 Å². The first-order valence-corrected chi connectivity index (χ1v) is 8.06. The molecule has 0 saturated carbocycles. The summed E-state index contributed by atoms with van der Waals surface area (Å²) in [6.07, 6.45) is 1.88. The zero-order chi connectivity index (χ0) is 13.9. The van der Waals surface area contributed by atoms with Crippen molar-refractivity contribution in [2.45, 2.75) is 13.0 Å². The maximum atomic E-state index is 6.14. The van der Waals surface area contributed by atoms with Crippen LogP contribution in [0.2, 0.25) is 4.34 Å². The van der Waals surface area contributed by atoms with Crippen LogP contribution in [0.3, 0.4) is 0 Å². The summed E-state index contributed by atoms with van der Waals surface area (Å²) in [4.78, 5) is 8.41. The van der Waals surface area contributed by atoms with Crippen LogP contribution in [0.5, 0.6) is 0 Å². The minimum absolute atomic E-state index is 0.218. The van der Waals surface area contributed by atoms with Gasteiger partial charge in [0.25, 0.3) is 0 Å². The molecule has 0 spiro atoms. The third kappa shape index (κ3) is 2.88. The second-order valence-electron chi connectivity index (χ2n) is 5.04. The summed E-state index contributed by atoms with van der Waals surface area (Å²) >= 11 is 7.79. The van der Waals surface area contributed by atoms with Crippen molar-refractivity contribution in [2.24, 2.45) is 0 Å². The molecule has 0 amide bonds. The largest absolute Gasteiger partial charge is 0.314 e. The minimum Gasteiger partial charge on any atom is -0.314 e. The van der Waals surface area contributed by atoms with Gasteiger partial charge in [-0.1, -0.05) is 17.7 Å².